The number of phenols is 1. The van der Waals surface area contributed by atoms with Gasteiger partial charge in [0.1, 0.15) is 18.3 Å². The van der Waals surface area contributed by atoms with Gasteiger partial charge in [0.05, 0.1) is 24.2 Å². The van der Waals surface area contributed by atoms with Gasteiger partial charge in [0.25, 0.3) is 0 Å². The number of piperazine rings is 2. The lowest BCUT2D eigenvalue weighted by atomic mass is 9.93. The smallest absolute Gasteiger partial charge is 0.316 e. The van der Waals surface area contributed by atoms with Gasteiger partial charge < -0.3 is 39.5 Å². The Labute approximate surface area is 310 Å². The summed E-state index contributed by atoms with van der Waals surface area (Å²) in [4.78, 5) is 26.5. The number of rotatable bonds is 14. The summed E-state index contributed by atoms with van der Waals surface area (Å²) in [5, 5.41) is 23.1. The Balaban J connectivity index is 0.855. The van der Waals surface area contributed by atoms with Crippen LogP contribution in [0.3, 0.4) is 0 Å². The van der Waals surface area contributed by atoms with Crippen LogP contribution in [0, 0.1) is 5.92 Å². The number of phenolic OH excluding ortho intramolecular Hbond substituents is 1. The van der Waals surface area contributed by atoms with E-state index in [-0.39, 0.29) is 17.6 Å². The molecule has 0 spiro atoms. The zero-order chi connectivity index (χ0) is 36.9. The molecule has 282 valence electrons. The molecule has 14 nitrogen and oxygen atoms in total. The number of aryl methyl sites for hydroxylation is 1. The van der Waals surface area contributed by atoms with E-state index in [2.05, 4.69) is 52.1 Å². The Morgan fingerprint density at radius 1 is 1.00 bits per heavy atom. The van der Waals surface area contributed by atoms with E-state index in [0.717, 1.165) is 95.1 Å². The zero-order valence-electron chi connectivity index (χ0n) is 30.9. The second-order valence-corrected chi connectivity index (χ2v) is 14.7. The van der Waals surface area contributed by atoms with Gasteiger partial charge in [-0.2, -0.15) is 0 Å². The minimum atomic E-state index is -0.430. The van der Waals surface area contributed by atoms with Crippen molar-refractivity contribution in [3.63, 3.8) is 0 Å². The fraction of sp³-hybridized carbons (Fsp3) is 0.513. The van der Waals surface area contributed by atoms with E-state index in [0.29, 0.717) is 47.4 Å². The summed E-state index contributed by atoms with van der Waals surface area (Å²) in [5.41, 5.74) is 10.5. The number of nitrogens with zero attached hydrogens (tertiary/aromatic N) is 8. The number of esters is 1. The molecule has 14 heteroatoms. The average Bonchev–Trinajstić information content (AvgIpc) is 3.73. The van der Waals surface area contributed by atoms with E-state index in [9.17, 15) is 9.90 Å². The first kappa shape index (κ1) is 36.4. The number of nitrogen functional groups attached to an aromatic ring is 1. The van der Waals surface area contributed by atoms with Crippen LogP contribution in [0.2, 0.25) is 0 Å². The van der Waals surface area contributed by atoms with E-state index in [1.165, 1.54) is 7.11 Å². The Hall–Kier alpha value is -4.95. The maximum Gasteiger partial charge on any atom is 0.316 e. The second-order valence-electron chi connectivity index (χ2n) is 14.7. The van der Waals surface area contributed by atoms with Gasteiger partial charge in [0.15, 0.2) is 11.6 Å². The minimum Gasteiger partial charge on any atom is -0.507 e. The lowest BCUT2D eigenvalue weighted by Crippen LogP contribution is -2.54. The molecule has 3 atom stereocenters. The SMILES string of the molecule is COC(=O)C(c1cc(CCCN2CCN(CCOc3cc(N4C5CCC4CN(c4cc(-c6ccccc6O)nnc4N)C5)ccn3)CC2)no1)C(C)C. The first-order valence-electron chi connectivity index (χ1n) is 18.8. The molecule has 6 heterocycles. The predicted molar refractivity (Wildman–Crippen MR) is 202 cm³/mol. The molecule has 3 aromatic heterocycles. The zero-order valence-corrected chi connectivity index (χ0v) is 30.9. The number of fused-ring (bicyclic) bond motifs is 2. The van der Waals surface area contributed by atoms with Gasteiger partial charge in [-0.15, -0.1) is 10.2 Å². The van der Waals surface area contributed by atoms with Crippen LogP contribution in [0.1, 0.15) is 50.5 Å². The lowest BCUT2D eigenvalue weighted by molar-refractivity contribution is -0.144. The van der Waals surface area contributed by atoms with Crippen molar-refractivity contribution in [1.29, 1.82) is 0 Å². The van der Waals surface area contributed by atoms with Crippen molar-refractivity contribution in [3.05, 3.63) is 66.2 Å². The van der Waals surface area contributed by atoms with Gasteiger partial charge >= 0.3 is 5.97 Å². The summed E-state index contributed by atoms with van der Waals surface area (Å²) in [6, 6.07) is 15.8. The summed E-state index contributed by atoms with van der Waals surface area (Å²) >= 11 is 0. The number of methoxy groups -OCH3 is 1. The van der Waals surface area contributed by atoms with Crippen LogP contribution in [0.5, 0.6) is 11.6 Å². The van der Waals surface area contributed by atoms with Gasteiger partial charge in [0, 0.05) is 87.5 Å². The van der Waals surface area contributed by atoms with Crippen LogP contribution in [0.4, 0.5) is 17.2 Å². The van der Waals surface area contributed by atoms with Gasteiger partial charge in [0.2, 0.25) is 5.88 Å². The second kappa shape index (κ2) is 16.4. The number of pyridine rings is 1. The van der Waals surface area contributed by atoms with Crippen LogP contribution < -0.4 is 20.3 Å². The average molecular weight is 726 g/mol. The minimum absolute atomic E-state index is 0.0699. The molecule has 2 bridgehead atoms. The summed E-state index contributed by atoms with van der Waals surface area (Å²) in [6.07, 6.45) is 5.82. The summed E-state index contributed by atoms with van der Waals surface area (Å²) < 4.78 is 16.7. The Morgan fingerprint density at radius 2 is 1.74 bits per heavy atom. The van der Waals surface area contributed by atoms with Crippen molar-refractivity contribution in [1.82, 2.24) is 30.1 Å². The Bertz CT molecular complexity index is 1830. The first-order chi connectivity index (χ1) is 25.8. The van der Waals surface area contributed by atoms with Crippen LogP contribution in [0.25, 0.3) is 11.3 Å². The molecule has 53 heavy (non-hydrogen) atoms. The molecular formula is C39H51N9O5. The molecule has 3 fully saturated rings. The van der Waals surface area contributed by atoms with E-state index >= 15 is 0 Å². The third-order valence-corrected chi connectivity index (χ3v) is 10.9. The quantitative estimate of drug-likeness (QED) is 0.178. The Kier molecular flexibility index (Phi) is 11.3. The largest absolute Gasteiger partial charge is 0.507 e. The molecule has 4 aromatic rings. The van der Waals surface area contributed by atoms with Crippen LogP contribution in [-0.2, 0) is 16.0 Å². The highest BCUT2D eigenvalue weighted by Gasteiger charge is 2.41. The molecule has 1 aromatic carbocycles. The number of anilines is 3. The molecule has 3 unspecified atom stereocenters. The van der Waals surface area contributed by atoms with Crippen LogP contribution >= 0.6 is 0 Å². The standard InChI is InChI=1S/C39H51N9O5/c1-26(2)37(39(50)51-3)35-21-27(44-53-35)7-6-14-45-15-17-46(18-16-45)19-20-52-36-22-28(12-13-41-36)48-29-10-11-30(48)25-47(24-29)33-23-32(42-43-38(33)40)31-8-4-5-9-34(31)49/h4-5,8-9,12-13,21-23,26,29-30,37,49H,6-7,10-11,14-20,24-25H2,1-3H3,(H2,40,43). The van der Waals surface area contributed by atoms with Crippen LogP contribution in [-0.4, -0.2) is 119 Å². The number of nitrogens with two attached hydrogens (primary N) is 1. The van der Waals surface area contributed by atoms with Crippen molar-refractivity contribution in [2.24, 2.45) is 5.92 Å². The number of benzene rings is 1. The fourth-order valence-corrected chi connectivity index (χ4v) is 8.06. The molecule has 3 aliphatic rings. The third kappa shape index (κ3) is 8.33. The number of hydrogen-bond donors (Lipinski definition) is 2. The highest BCUT2D eigenvalue weighted by atomic mass is 16.5. The molecule has 0 saturated carbocycles. The Morgan fingerprint density at radius 3 is 2.45 bits per heavy atom. The topological polar surface area (TPSA) is 159 Å². The molecule has 3 saturated heterocycles. The molecule has 0 aliphatic carbocycles. The number of ether oxygens (including phenoxy) is 2. The van der Waals surface area contributed by atoms with Crippen molar-refractivity contribution >= 4 is 23.2 Å². The van der Waals surface area contributed by atoms with Crippen molar-refractivity contribution in [3.8, 4) is 22.9 Å². The maximum absolute atomic E-state index is 12.2. The normalized spacial score (nSPS) is 19.8. The third-order valence-electron chi connectivity index (χ3n) is 10.9. The molecule has 3 aliphatic heterocycles. The van der Waals surface area contributed by atoms with E-state index in [1.807, 2.05) is 44.3 Å². The number of para-hydroxylation sites is 1. The van der Waals surface area contributed by atoms with Crippen molar-refractivity contribution < 1.29 is 23.9 Å². The molecule has 0 radical (unpaired) electrons. The molecular weight excluding hydrogens is 674 g/mol. The number of aromatic hydroxyl groups is 1. The highest BCUT2D eigenvalue weighted by molar-refractivity contribution is 5.77. The van der Waals surface area contributed by atoms with Gasteiger partial charge in [-0.1, -0.05) is 31.1 Å². The number of carbonyl (C=O) groups excluding carboxylic acids is 1. The van der Waals surface area contributed by atoms with Crippen LogP contribution in [0.15, 0.2) is 59.3 Å². The first-order valence-corrected chi connectivity index (χ1v) is 18.8. The van der Waals surface area contributed by atoms with Gasteiger partial charge in [-0.3, -0.25) is 9.69 Å². The summed E-state index contributed by atoms with van der Waals surface area (Å²) in [6.45, 7) is 12.1. The summed E-state index contributed by atoms with van der Waals surface area (Å²) in [5.74, 6) is 1.15. The molecule has 7 rings (SSSR count). The van der Waals surface area contributed by atoms with Gasteiger partial charge in [-0.25, -0.2) is 4.98 Å². The van der Waals surface area contributed by atoms with E-state index < -0.39 is 5.92 Å². The number of hydrogen-bond acceptors (Lipinski definition) is 14. The molecule has 0 amide bonds. The summed E-state index contributed by atoms with van der Waals surface area (Å²) in [7, 11) is 1.40. The van der Waals surface area contributed by atoms with Crippen molar-refractivity contribution in [2.75, 3.05) is 81.6 Å². The predicted octanol–water partition coefficient (Wildman–Crippen LogP) is 4.21. The monoisotopic (exact) mass is 725 g/mol. The number of carbonyl (C=O) groups is 1. The van der Waals surface area contributed by atoms with Crippen molar-refractivity contribution in [2.45, 2.75) is 57.5 Å². The lowest BCUT2D eigenvalue weighted by Gasteiger charge is -2.43. The van der Waals surface area contributed by atoms with E-state index in [4.69, 9.17) is 19.7 Å². The fourth-order valence-electron chi connectivity index (χ4n) is 8.06. The van der Waals surface area contributed by atoms with Gasteiger partial charge in [-0.05, 0) is 62.4 Å². The maximum atomic E-state index is 12.2. The number of aromatic nitrogens is 4. The highest BCUT2D eigenvalue weighted by Crippen LogP contribution is 2.39. The van der Waals surface area contributed by atoms with E-state index in [1.54, 1.807) is 12.1 Å². The molecule has 3 N–H and O–H groups in total.